The molecule has 0 unspecified atom stereocenters. The molecule has 1 saturated heterocycles. The molecule has 1 atom stereocenters. The topological polar surface area (TPSA) is 71.0 Å². The van der Waals surface area contributed by atoms with Crippen molar-refractivity contribution in [2.45, 2.75) is 39.0 Å². The zero-order valence-electron chi connectivity index (χ0n) is 18.5. The molecule has 0 spiro atoms. The fourth-order valence-electron chi connectivity index (χ4n) is 3.94. The Balaban J connectivity index is 1.34. The standard InChI is InChI=1S/C25H34N2O4/c1-19-4-3-5-21(14-19)16-26-15-20-6-8-24(9-7-20)31-18-23(28)17-27-12-10-22(11-13-27)25(29)30-2/h3-9,14,22-23,26,28H,10-13,15-18H2,1-2H3/t23-/m1/s1. The van der Waals surface area contributed by atoms with Gasteiger partial charge in [0.05, 0.1) is 13.0 Å². The lowest BCUT2D eigenvalue weighted by atomic mass is 9.97. The Morgan fingerprint density at radius 1 is 1.13 bits per heavy atom. The molecule has 0 amide bonds. The van der Waals surface area contributed by atoms with Crippen LogP contribution in [-0.4, -0.2) is 55.4 Å². The largest absolute Gasteiger partial charge is 0.491 e. The van der Waals surface area contributed by atoms with Crippen molar-refractivity contribution in [3.63, 3.8) is 0 Å². The minimum atomic E-state index is -0.564. The smallest absolute Gasteiger partial charge is 0.308 e. The first-order chi connectivity index (χ1) is 15.0. The summed E-state index contributed by atoms with van der Waals surface area (Å²) in [6.07, 6.45) is 0.990. The first-order valence-corrected chi connectivity index (χ1v) is 11.0. The molecule has 3 rings (SSSR count). The zero-order chi connectivity index (χ0) is 22.1. The number of piperidine rings is 1. The van der Waals surface area contributed by atoms with Crippen molar-refractivity contribution in [3.05, 3.63) is 65.2 Å². The number of aliphatic hydroxyl groups excluding tert-OH is 1. The van der Waals surface area contributed by atoms with E-state index in [1.165, 1.54) is 23.8 Å². The number of aryl methyl sites for hydroxylation is 1. The fourth-order valence-corrected chi connectivity index (χ4v) is 3.94. The number of benzene rings is 2. The Labute approximate surface area is 185 Å². The normalized spacial score (nSPS) is 16.1. The van der Waals surface area contributed by atoms with Gasteiger partial charge in [0.15, 0.2) is 0 Å². The monoisotopic (exact) mass is 426 g/mol. The minimum absolute atomic E-state index is 0.0144. The number of nitrogens with zero attached hydrogens (tertiary/aromatic N) is 1. The second kappa shape index (κ2) is 11.8. The number of ether oxygens (including phenoxy) is 2. The highest BCUT2D eigenvalue weighted by Crippen LogP contribution is 2.19. The van der Waals surface area contributed by atoms with E-state index in [9.17, 15) is 9.90 Å². The molecule has 0 saturated carbocycles. The summed E-state index contributed by atoms with van der Waals surface area (Å²) in [5.41, 5.74) is 3.74. The summed E-state index contributed by atoms with van der Waals surface area (Å²) in [5, 5.41) is 13.8. The van der Waals surface area contributed by atoms with Crippen molar-refractivity contribution in [2.75, 3.05) is 33.4 Å². The Hall–Kier alpha value is -2.41. The van der Waals surface area contributed by atoms with Gasteiger partial charge in [0.1, 0.15) is 18.5 Å². The molecule has 1 aliphatic rings. The number of carbonyl (C=O) groups is 1. The van der Waals surface area contributed by atoms with Gasteiger partial charge in [-0.05, 0) is 56.1 Å². The average Bonchev–Trinajstić information content (AvgIpc) is 2.78. The van der Waals surface area contributed by atoms with Crippen LogP contribution in [0.2, 0.25) is 0 Å². The lowest BCUT2D eigenvalue weighted by molar-refractivity contribution is -0.147. The van der Waals surface area contributed by atoms with Crippen molar-refractivity contribution in [1.82, 2.24) is 10.2 Å². The average molecular weight is 427 g/mol. The highest BCUT2D eigenvalue weighted by Gasteiger charge is 2.26. The molecule has 6 nitrogen and oxygen atoms in total. The number of β-amino-alcohol motifs (C(OH)–C–C–N with tert-alkyl or cyclic N) is 1. The van der Waals surface area contributed by atoms with Gasteiger partial charge in [-0.2, -0.15) is 0 Å². The SMILES string of the molecule is COC(=O)C1CCN(C[C@@H](O)COc2ccc(CNCc3cccc(C)c3)cc2)CC1. The number of esters is 1. The summed E-state index contributed by atoms with van der Waals surface area (Å²) >= 11 is 0. The van der Waals surface area contributed by atoms with Crippen molar-refractivity contribution in [3.8, 4) is 5.75 Å². The van der Waals surface area contributed by atoms with Crippen molar-refractivity contribution in [2.24, 2.45) is 5.92 Å². The molecule has 1 aliphatic heterocycles. The van der Waals surface area contributed by atoms with Crippen LogP contribution in [0.25, 0.3) is 0 Å². The van der Waals surface area contributed by atoms with Gasteiger partial charge >= 0.3 is 5.97 Å². The lowest BCUT2D eigenvalue weighted by Gasteiger charge is -2.31. The van der Waals surface area contributed by atoms with E-state index < -0.39 is 6.10 Å². The van der Waals surface area contributed by atoms with E-state index in [1.807, 2.05) is 24.3 Å². The molecule has 0 aliphatic carbocycles. The molecule has 2 N–H and O–H groups in total. The number of aliphatic hydroxyl groups is 1. The third kappa shape index (κ3) is 7.65. The minimum Gasteiger partial charge on any atom is -0.491 e. The third-order valence-electron chi connectivity index (χ3n) is 5.70. The predicted octanol–water partition coefficient (Wildman–Crippen LogP) is 2.91. The Bertz CT molecular complexity index is 817. The third-order valence-corrected chi connectivity index (χ3v) is 5.70. The summed E-state index contributed by atoms with van der Waals surface area (Å²) in [6.45, 7) is 6.12. The molecule has 31 heavy (non-hydrogen) atoms. The first-order valence-electron chi connectivity index (χ1n) is 11.0. The van der Waals surface area contributed by atoms with Crippen LogP contribution in [0, 0.1) is 12.8 Å². The quantitative estimate of drug-likeness (QED) is 0.570. The van der Waals surface area contributed by atoms with E-state index >= 15 is 0 Å². The molecular formula is C25H34N2O4. The second-order valence-electron chi connectivity index (χ2n) is 8.30. The van der Waals surface area contributed by atoms with Crippen LogP contribution in [0.5, 0.6) is 5.75 Å². The molecule has 2 aromatic carbocycles. The summed E-state index contributed by atoms with van der Waals surface area (Å²) in [7, 11) is 1.43. The Morgan fingerprint density at radius 3 is 2.52 bits per heavy atom. The first kappa shape index (κ1) is 23.3. The molecule has 1 heterocycles. The summed E-state index contributed by atoms with van der Waals surface area (Å²) < 4.78 is 10.6. The fraction of sp³-hybridized carbons (Fsp3) is 0.480. The molecule has 2 aromatic rings. The highest BCUT2D eigenvalue weighted by atomic mass is 16.5. The molecule has 6 heteroatoms. The van der Waals surface area contributed by atoms with Gasteiger partial charge in [0.2, 0.25) is 0 Å². The van der Waals surface area contributed by atoms with E-state index in [0.29, 0.717) is 6.54 Å². The number of rotatable bonds is 10. The van der Waals surface area contributed by atoms with Crippen LogP contribution < -0.4 is 10.1 Å². The maximum atomic E-state index is 11.6. The van der Waals surface area contributed by atoms with Crippen LogP contribution in [0.1, 0.15) is 29.5 Å². The maximum absolute atomic E-state index is 11.6. The summed E-state index contributed by atoms with van der Waals surface area (Å²) in [4.78, 5) is 13.8. The van der Waals surface area contributed by atoms with E-state index in [2.05, 4.69) is 41.4 Å². The lowest BCUT2D eigenvalue weighted by Crippen LogP contribution is -2.42. The van der Waals surface area contributed by atoms with E-state index in [4.69, 9.17) is 9.47 Å². The molecular weight excluding hydrogens is 392 g/mol. The molecule has 168 valence electrons. The van der Waals surface area contributed by atoms with Crippen LogP contribution in [0.3, 0.4) is 0 Å². The predicted molar refractivity (Wildman–Crippen MR) is 121 cm³/mol. The molecule has 0 aromatic heterocycles. The number of carbonyl (C=O) groups excluding carboxylic acids is 1. The van der Waals surface area contributed by atoms with Gasteiger partial charge < -0.3 is 24.8 Å². The molecule has 0 bridgehead atoms. The number of nitrogens with one attached hydrogen (secondary N) is 1. The second-order valence-corrected chi connectivity index (χ2v) is 8.30. The van der Waals surface area contributed by atoms with Crippen LogP contribution in [0.15, 0.2) is 48.5 Å². The van der Waals surface area contributed by atoms with Crippen molar-refractivity contribution >= 4 is 5.97 Å². The number of likely N-dealkylation sites (tertiary alicyclic amines) is 1. The van der Waals surface area contributed by atoms with Crippen molar-refractivity contribution < 1.29 is 19.4 Å². The summed E-state index contributed by atoms with van der Waals surface area (Å²) in [6, 6.07) is 16.5. The highest BCUT2D eigenvalue weighted by molar-refractivity contribution is 5.72. The van der Waals surface area contributed by atoms with E-state index in [-0.39, 0.29) is 18.5 Å². The number of methoxy groups -OCH3 is 1. The zero-order valence-corrected chi connectivity index (χ0v) is 18.5. The van der Waals surface area contributed by atoms with Gasteiger partial charge in [-0.3, -0.25) is 4.79 Å². The van der Waals surface area contributed by atoms with Gasteiger partial charge in [-0.15, -0.1) is 0 Å². The van der Waals surface area contributed by atoms with Crippen LogP contribution >= 0.6 is 0 Å². The number of hydrogen-bond donors (Lipinski definition) is 2. The van der Waals surface area contributed by atoms with E-state index in [0.717, 1.165) is 44.8 Å². The maximum Gasteiger partial charge on any atom is 0.308 e. The van der Waals surface area contributed by atoms with Crippen LogP contribution in [-0.2, 0) is 22.6 Å². The molecule has 1 fully saturated rings. The van der Waals surface area contributed by atoms with Gasteiger partial charge in [0.25, 0.3) is 0 Å². The van der Waals surface area contributed by atoms with Crippen LogP contribution in [0.4, 0.5) is 0 Å². The van der Waals surface area contributed by atoms with Crippen molar-refractivity contribution in [1.29, 1.82) is 0 Å². The summed E-state index contributed by atoms with van der Waals surface area (Å²) in [5.74, 6) is 0.614. The number of hydrogen-bond acceptors (Lipinski definition) is 6. The Kier molecular flexibility index (Phi) is 8.88. The van der Waals surface area contributed by atoms with Gasteiger partial charge in [-0.25, -0.2) is 0 Å². The van der Waals surface area contributed by atoms with Gasteiger partial charge in [0, 0.05) is 19.6 Å². The molecule has 0 radical (unpaired) electrons. The Morgan fingerprint density at radius 2 is 1.84 bits per heavy atom. The van der Waals surface area contributed by atoms with Gasteiger partial charge in [-0.1, -0.05) is 42.0 Å². The van der Waals surface area contributed by atoms with E-state index in [1.54, 1.807) is 0 Å².